The number of hydrogen-bond donors (Lipinski definition) is 1. The highest BCUT2D eigenvalue weighted by molar-refractivity contribution is 5.96. The minimum atomic E-state index is 0.251. The SMILES string of the molecule is COc1ccc(-c2cc(-c3ccc(-c4c(Cc5ccccc5)oc5ccccc45)cc3)ccc2O)cc1. The summed E-state index contributed by atoms with van der Waals surface area (Å²) in [4.78, 5) is 0. The van der Waals surface area contributed by atoms with Crippen LogP contribution in [0, 0.1) is 0 Å². The molecular formula is C34H26O3. The van der Waals surface area contributed by atoms with Crippen molar-refractivity contribution >= 4 is 11.0 Å². The summed E-state index contributed by atoms with van der Waals surface area (Å²) in [6, 6.07) is 40.6. The predicted octanol–water partition coefficient (Wildman–Crippen LogP) is 8.74. The minimum Gasteiger partial charge on any atom is -0.507 e. The van der Waals surface area contributed by atoms with E-state index in [0.29, 0.717) is 0 Å². The molecule has 0 saturated carbocycles. The molecule has 3 heteroatoms. The number of phenolic OH excluding ortho intramolecular Hbond substituents is 1. The average molecular weight is 483 g/mol. The van der Waals surface area contributed by atoms with Gasteiger partial charge in [0.2, 0.25) is 0 Å². The van der Waals surface area contributed by atoms with E-state index in [1.807, 2.05) is 54.6 Å². The van der Waals surface area contributed by atoms with Gasteiger partial charge in [-0.05, 0) is 58.1 Å². The fourth-order valence-electron chi connectivity index (χ4n) is 4.87. The maximum Gasteiger partial charge on any atom is 0.134 e. The predicted molar refractivity (Wildman–Crippen MR) is 150 cm³/mol. The largest absolute Gasteiger partial charge is 0.507 e. The molecule has 5 aromatic carbocycles. The van der Waals surface area contributed by atoms with Gasteiger partial charge in [-0.25, -0.2) is 0 Å². The van der Waals surface area contributed by atoms with Crippen LogP contribution in [0.1, 0.15) is 11.3 Å². The number of ether oxygens (including phenoxy) is 1. The van der Waals surface area contributed by atoms with Crippen molar-refractivity contribution in [1.82, 2.24) is 0 Å². The molecule has 37 heavy (non-hydrogen) atoms. The van der Waals surface area contributed by atoms with Gasteiger partial charge in [-0.1, -0.05) is 91.0 Å². The summed E-state index contributed by atoms with van der Waals surface area (Å²) in [5.41, 5.74) is 8.21. The molecule has 0 aliphatic rings. The van der Waals surface area contributed by atoms with Crippen LogP contribution in [0.15, 0.2) is 126 Å². The van der Waals surface area contributed by atoms with Gasteiger partial charge < -0.3 is 14.3 Å². The van der Waals surface area contributed by atoms with Crippen molar-refractivity contribution in [3.63, 3.8) is 0 Å². The second-order valence-corrected chi connectivity index (χ2v) is 9.10. The molecule has 6 aromatic rings. The maximum absolute atomic E-state index is 10.5. The highest BCUT2D eigenvalue weighted by atomic mass is 16.5. The van der Waals surface area contributed by atoms with E-state index >= 15 is 0 Å². The molecule has 0 fully saturated rings. The van der Waals surface area contributed by atoms with E-state index < -0.39 is 0 Å². The molecule has 1 N–H and O–H groups in total. The number of furan rings is 1. The summed E-state index contributed by atoms with van der Waals surface area (Å²) >= 11 is 0. The molecule has 0 amide bonds. The molecule has 0 unspecified atom stereocenters. The molecule has 180 valence electrons. The molecule has 0 aliphatic heterocycles. The van der Waals surface area contributed by atoms with Gasteiger partial charge in [0.25, 0.3) is 0 Å². The second-order valence-electron chi connectivity index (χ2n) is 9.10. The van der Waals surface area contributed by atoms with E-state index in [1.54, 1.807) is 13.2 Å². The van der Waals surface area contributed by atoms with Crippen LogP contribution in [0.4, 0.5) is 0 Å². The fourth-order valence-corrected chi connectivity index (χ4v) is 4.87. The molecule has 6 rings (SSSR count). The van der Waals surface area contributed by atoms with Crippen LogP contribution < -0.4 is 4.74 Å². The first-order chi connectivity index (χ1) is 18.2. The molecule has 0 radical (unpaired) electrons. The van der Waals surface area contributed by atoms with Crippen molar-refractivity contribution < 1.29 is 14.3 Å². The molecular weight excluding hydrogens is 456 g/mol. The number of benzene rings is 5. The lowest BCUT2D eigenvalue weighted by Gasteiger charge is -2.10. The fraction of sp³-hybridized carbons (Fsp3) is 0.0588. The van der Waals surface area contributed by atoms with Crippen molar-refractivity contribution in [2.24, 2.45) is 0 Å². The molecule has 0 spiro atoms. The Labute approximate surface area is 216 Å². The Bertz CT molecular complexity index is 1660. The van der Waals surface area contributed by atoms with Gasteiger partial charge >= 0.3 is 0 Å². The van der Waals surface area contributed by atoms with Gasteiger partial charge in [0, 0.05) is 22.9 Å². The molecule has 0 saturated heterocycles. The first-order valence-electron chi connectivity index (χ1n) is 12.3. The van der Waals surface area contributed by atoms with Crippen LogP contribution in [-0.2, 0) is 6.42 Å². The lowest BCUT2D eigenvalue weighted by molar-refractivity contribution is 0.415. The standard InChI is InChI=1S/C34H26O3/c1-36-28-18-15-25(16-19-28)30-22-27(17-20-31(30)35)24-11-13-26(14-12-24)34-29-9-5-6-10-32(29)37-33(34)21-23-7-3-2-4-8-23/h2-20,22,35H,21H2,1H3. The Morgan fingerprint density at radius 2 is 1.30 bits per heavy atom. The zero-order valence-corrected chi connectivity index (χ0v) is 20.5. The van der Waals surface area contributed by atoms with E-state index in [-0.39, 0.29) is 5.75 Å². The Kier molecular flexibility index (Phi) is 5.95. The molecule has 0 bridgehead atoms. The van der Waals surface area contributed by atoms with E-state index in [2.05, 4.69) is 60.7 Å². The molecule has 0 aliphatic carbocycles. The highest BCUT2D eigenvalue weighted by Gasteiger charge is 2.16. The van der Waals surface area contributed by atoms with Gasteiger partial charge in [-0.15, -0.1) is 0 Å². The Hall–Kier alpha value is -4.76. The maximum atomic E-state index is 10.5. The topological polar surface area (TPSA) is 42.6 Å². The first kappa shape index (κ1) is 22.7. The summed E-state index contributed by atoms with van der Waals surface area (Å²) in [6.45, 7) is 0. The van der Waals surface area contributed by atoms with E-state index in [0.717, 1.165) is 62.3 Å². The third-order valence-electron chi connectivity index (χ3n) is 6.78. The van der Waals surface area contributed by atoms with E-state index in [1.165, 1.54) is 5.56 Å². The Morgan fingerprint density at radius 3 is 2.05 bits per heavy atom. The number of rotatable bonds is 6. The highest BCUT2D eigenvalue weighted by Crippen LogP contribution is 2.38. The normalized spacial score (nSPS) is 11.1. The van der Waals surface area contributed by atoms with Crippen molar-refractivity contribution in [3.05, 3.63) is 133 Å². The van der Waals surface area contributed by atoms with Gasteiger partial charge in [0.15, 0.2) is 0 Å². The summed E-state index contributed by atoms with van der Waals surface area (Å²) in [5.74, 6) is 2.00. The number of hydrogen-bond acceptors (Lipinski definition) is 3. The Balaban J connectivity index is 1.37. The smallest absolute Gasteiger partial charge is 0.134 e. The van der Waals surface area contributed by atoms with Gasteiger partial charge in [-0.3, -0.25) is 0 Å². The van der Waals surface area contributed by atoms with Crippen LogP contribution in [0.25, 0.3) is 44.3 Å². The molecule has 3 nitrogen and oxygen atoms in total. The van der Waals surface area contributed by atoms with Crippen LogP contribution >= 0.6 is 0 Å². The number of aromatic hydroxyl groups is 1. The van der Waals surface area contributed by atoms with Gasteiger partial charge in [0.1, 0.15) is 22.8 Å². The molecule has 1 aromatic heterocycles. The van der Waals surface area contributed by atoms with Crippen LogP contribution in [0.3, 0.4) is 0 Å². The second kappa shape index (κ2) is 9.71. The minimum absolute atomic E-state index is 0.251. The van der Waals surface area contributed by atoms with Crippen LogP contribution in [0.5, 0.6) is 11.5 Å². The average Bonchev–Trinajstić information content (AvgIpc) is 3.32. The third-order valence-corrected chi connectivity index (χ3v) is 6.78. The monoisotopic (exact) mass is 482 g/mol. The van der Waals surface area contributed by atoms with Gasteiger partial charge in [-0.2, -0.15) is 0 Å². The number of methoxy groups -OCH3 is 1. The number of phenols is 1. The first-order valence-corrected chi connectivity index (χ1v) is 12.3. The van der Waals surface area contributed by atoms with Crippen LogP contribution in [0.2, 0.25) is 0 Å². The third kappa shape index (κ3) is 4.48. The lowest BCUT2D eigenvalue weighted by atomic mass is 9.95. The van der Waals surface area contributed by atoms with E-state index in [4.69, 9.17) is 9.15 Å². The number of fused-ring (bicyclic) bond motifs is 1. The zero-order chi connectivity index (χ0) is 25.2. The van der Waals surface area contributed by atoms with Crippen molar-refractivity contribution in [3.8, 4) is 44.9 Å². The zero-order valence-electron chi connectivity index (χ0n) is 20.5. The summed E-state index contributed by atoms with van der Waals surface area (Å²) < 4.78 is 11.6. The summed E-state index contributed by atoms with van der Waals surface area (Å²) in [5, 5.41) is 11.7. The van der Waals surface area contributed by atoms with Crippen molar-refractivity contribution in [1.29, 1.82) is 0 Å². The van der Waals surface area contributed by atoms with Crippen molar-refractivity contribution in [2.75, 3.05) is 7.11 Å². The van der Waals surface area contributed by atoms with Crippen molar-refractivity contribution in [2.45, 2.75) is 6.42 Å². The van der Waals surface area contributed by atoms with Crippen LogP contribution in [-0.4, -0.2) is 12.2 Å². The molecule has 0 atom stereocenters. The Morgan fingerprint density at radius 1 is 0.649 bits per heavy atom. The van der Waals surface area contributed by atoms with E-state index in [9.17, 15) is 5.11 Å². The quantitative estimate of drug-likeness (QED) is 0.258. The summed E-state index contributed by atoms with van der Waals surface area (Å²) in [7, 11) is 1.65. The van der Waals surface area contributed by atoms with Gasteiger partial charge in [0.05, 0.1) is 7.11 Å². The molecule has 1 heterocycles. The summed E-state index contributed by atoms with van der Waals surface area (Å²) in [6.07, 6.45) is 0.732. The number of para-hydroxylation sites is 1. The lowest BCUT2D eigenvalue weighted by Crippen LogP contribution is -1.89.